The zero-order valence-electron chi connectivity index (χ0n) is 15.4. The first kappa shape index (κ1) is 18.0. The first-order chi connectivity index (χ1) is 13.7. The number of fused-ring (bicyclic) bond motifs is 1. The molecule has 0 fully saturated rings. The number of carboxylic acid groups (broad SMARTS) is 1. The van der Waals surface area contributed by atoms with Gasteiger partial charge in [-0.3, -0.25) is 4.79 Å². The number of hydrogen-bond donors (Lipinski definition) is 3. The Balaban J connectivity index is 1.43. The number of carbonyl (C=O) groups is 1. The number of para-hydroxylation sites is 1. The molecule has 0 aliphatic rings. The fourth-order valence-corrected chi connectivity index (χ4v) is 3.45. The second-order valence-corrected chi connectivity index (χ2v) is 6.90. The maximum atomic E-state index is 11.7. The van der Waals surface area contributed by atoms with Crippen molar-refractivity contribution in [1.82, 2.24) is 10.3 Å². The summed E-state index contributed by atoms with van der Waals surface area (Å²) in [6.45, 7) is 0.508. The van der Waals surface area contributed by atoms with Crippen LogP contribution in [0.3, 0.4) is 0 Å². The molecule has 4 aromatic rings. The highest BCUT2D eigenvalue weighted by Gasteiger charge is 2.19. The molecule has 4 nitrogen and oxygen atoms in total. The molecule has 0 saturated carbocycles. The molecule has 0 radical (unpaired) electrons. The molecule has 0 aliphatic heterocycles. The molecular formula is C24H22N2O2. The average Bonchev–Trinajstić information content (AvgIpc) is 3.15. The topological polar surface area (TPSA) is 65.1 Å². The highest BCUT2D eigenvalue weighted by Crippen LogP contribution is 2.21. The highest BCUT2D eigenvalue weighted by molar-refractivity contribution is 5.84. The van der Waals surface area contributed by atoms with E-state index in [9.17, 15) is 9.90 Å². The lowest BCUT2D eigenvalue weighted by Crippen LogP contribution is -2.38. The zero-order valence-corrected chi connectivity index (χ0v) is 15.4. The van der Waals surface area contributed by atoms with Crippen LogP contribution in [0.5, 0.6) is 0 Å². The van der Waals surface area contributed by atoms with E-state index in [-0.39, 0.29) is 0 Å². The van der Waals surface area contributed by atoms with Gasteiger partial charge in [0.05, 0.1) is 0 Å². The minimum atomic E-state index is -0.841. The van der Waals surface area contributed by atoms with Crippen LogP contribution in [-0.2, 0) is 17.8 Å². The van der Waals surface area contributed by atoms with Gasteiger partial charge in [0.15, 0.2) is 0 Å². The molecule has 0 aliphatic carbocycles. The lowest BCUT2D eigenvalue weighted by molar-refractivity contribution is -0.139. The quantitative estimate of drug-likeness (QED) is 0.445. The first-order valence-corrected chi connectivity index (χ1v) is 9.36. The molecule has 0 spiro atoms. The maximum absolute atomic E-state index is 11.7. The SMILES string of the molecule is O=C(O)[C@@H](Cc1c[nH]c2ccccc12)NCc1ccc(-c2ccccc2)cc1. The molecule has 1 aromatic heterocycles. The van der Waals surface area contributed by atoms with Crippen LogP contribution in [0, 0.1) is 0 Å². The van der Waals surface area contributed by atoms with Crippen molar-refractivity contribution in [2.24, 2.45) is 0 Å². The summed E-state index contributed by atoms with van der Waals surface area (Å²) in [5.41, 5.74) is 5.42. The molecule has 140 valence electrons. The minimum absolute atomic E-state index is 0.432. The lowest BCUT2D eigenvalue weighted by Gasteiger charge is -2.14. The normalized spacial score (nSPS) is 12.1. The van der Waals surface area contributed by atoms with Crippen molar-refractivity contribution in [3.05, 3.63) is 96.2 Å². The Morgan fingerprint density at radius 3 is 2.32 bits per heavy atom. The van der Waals surface area contributed by atoms with E-state index in [1.807, 2.05) is 60.8 Å². The summed E-state index contributed by atoms with van der Waals surface area (Å²) < 4.78 is 0. The van der Waals surface area contributed by atoms with Crippen LogP contribution in [0.25, 0.3) is 22.0 Å². The molecule has 0 amide bonds. The molecule has 4 heteroatoms. The van der Waals surface area contributed by atoms with Gasteiger partial charge in [-0.2, -0.15) is 0 Å². The zero-order chi connectivity index (χ0) is 19.3. The maximum Gasteiger partial charge on any atom is 0.321 e. The lowest BCUT2D eigenvalue weighted by atomic mass is 10.0. The van der Waals surface area contributed by atoms with Gasteiger partial charge in [0.25, 0.3) is 0 Å². The summed E-state index contributed by atoms with van der Waals surface area (Å²) in [5, 5.41) is 13.9. The van der Waals surface area contributed by atoms with Crippen LogP contribution in [0.2, 0.25) is 0 Å². The number of carboxylic acids is 1. The van der Waals surface area contributed by atoms with Gasteiger partial charge in [-0.15, -0.1) is 0 Å². The van der Waals surface area contributed by atoms with Crippen molar-refractivity contribution in [3.8, 4) is 11.1 Å². The first-order valence-electron chi connectivity index (χ1n) is 9.36. The summed E-state index contributed by atoms with van der Waals surface area (Å²) in [7, 11) is 0. The van der Waals surface area contributed by atoms with Crippen LogP contribution in [0.4, 0.5) is 0 Å². The van der Waals surface area contributed by atoms with Gasteiger partial charge in [-0.05, 0) is 28.3 Å². The van der Waals surface area contributed by atoms with Gasteiger partial charge in [-0.1, -0.05) is 72.8 Å². The molecule has 1 heterocycles. The number of aliphatic carboxylic acids is 1. The van der Waals surface area contributed by atoms with E-state index in [1.54, 1.807) is 0 Å². The number of nitrogens with one attached hydrogen (secondary N) is 2. The van der Waals surface area contributed by atoms with Gasteiger partial charge in [0.1, 0.15) is 6.04 Å². The van der Waals surface area contributed by atoms with Crippen LogP contribution < -0.4 is 5.32 Å². The van der Waals surface area contributed by atoms with Crippen molar-refractivity contribution in [3.63, 3.8) is 0 Å². The minimum Gasteiger partial charge on any atom is -0.480 e. The van der Waals surface area contributed by atoms with Crippen molar-refractivity contribution in [2.45, 2.75) is 19.0 Å². The van der Waals surface area contributed by atoms with E-state index in [2.05, 4.69) is 34.6 Å². The number of H-pyrrole nitrogens is 1. The van der Waals surface area contributed by atoms with Crippen LogP contribution in [0.1, 0.15) is 11.1 Å². The predicted molar refractivity (Wildman–Crippen MR) is 112 cm³/mol. The summed E-state index contributed by atoms with van der Waals surface area (Å²) in [5.74, 6) is -0.841. The smallest absolute Gasteiger partial charge is 0.321 e. The predicted octanol–water partition coefficient (Wildman–Crippen LogP) is 4.62. The molecule has 1 atom stereocenters. The Kier molecular flexibility index (Phi) is 5.22. The monoisotopic (exact) mass is 370 g/mol. The van der Waals surface area contributed by atoms with E-state index in [0.717, 1.165) is 27.6 Å². The Morgan fingerprint density at radius 2 is 1.57 bits per heavy atom. The number of hydrogen-bond acceptors (Lipinski definition) is 2. The average molecular weight is 370 g/mol. The fraction of sp³-hybridized carbons (Fsp3) is 0.125. The molecule has 0 unspecified atom stereocenters. The van der Waals surface area contributed by atoms with E-state index >= 15 is 0 Å². The third kappa shape index (κ3) is 3.97. The summed E-state index contributed by atoms with van der Waals surface area (Å²) in [4.78, 5) is 15.0. The van der Waals surface area contributed by atoms with Crippen molar-refractivity contribution < 1.29 is 9.90 Å². The summed E-state index contributed by atoms with van der Waals surface area (Å²) >= 11 is 0. The fourth-order valence-electron chi connectivity index (χ4n) is 3.45. The number of aromatic amines is 1. The second kappa shape index (κ2) is 8.11. The van der Waals surface area contributed by atoms with Gasteiger partial charge >= 0.3 is 5.97 Å². The van der Waals surface area contributed by atoms with Gasteiger partial charge in [0, 0.05) is 30.1 Å². The van der Waals surface area contributed by atoms with Gasteiger partial charge in [-0.25, -0.2) is 0 Å². The molecule has 4 rings (SSSR count). The van der Waals surface area contributed by atoms with E-state index in [0.29, 0.717) is 13.0 Å². The van der Waals surface area contributed by atoms with Gasteiger partial charge in [0.2, 0.25) is 0 Å². The summed E-state index contributed by atoms with van der Waals surface area (Å²) in [6, 6.07) is 25.7. The Hall–Kier alpha value is -3.37. The van der Waals surface area contributed by atoms with Crippen molar-refractivity contribution >= 4 is 16.9 Å². The molecule has 3 N–H and O–H groups in total. The Morgan fingerprint density at radius 1 is 0.893 bits per heavy atom. The van der Waals surface area contributed by atoms with E-state index in [4.69, 9.17) is 0 Å². The van der Waals surface area contributed by atoms with E-state index < -0.39 is 12.0 Å². The third-order valence-corrected chi connectivity index (χ3v) is 5.01. The molecule has 3 aromatic carbocycles. The van der Waals surface area contributed by atoms with Crippen molar-refractivity contribution in [1.29, 1.82) is 0 Å². The Labute approximate surface area is 163 Å². The van der Waals surface area contributed by atoms with Crippen LogP contribution in [0.15, 0.2) is 85.1 Å². The second-order valence-electron chi connectivity index (χ2n) is 6.90. The largest absolute Gasteiger partial charge is 0.480 e. The third-order valence-electron chi connectivity index (χ3n) is 5.01. The van der Waals surface area contributed by atoms with Gasteiger partial charge < -0.3 is 15.4 Å². The molecule has 0 bridgehead atoms. The Bertz CT molecular complexity index is 1070. The number of benzene rings is 3. The highest BCUT2D eigenvalue weighted by atomic mass is 16.4. The number of rotatable bonds is 7. The standard InChI is InChI=1S/C24H22N2O2/c27-24(28)23(14-20-16-26-22-9-5-4-8-21(20)22)25-15-17-10-12-19(13-11-17)18-6-2-1-3-7-18/h1-13,16,23,25-26H,14-15H2,(H,27,28)/t23-/m1/s1. The van der Waals surface area contributed by atoms with Crippen LogP contribution in [-0.4, -0.2) is 22.1 Å². The molecule has 28 heavy (non-hydrogen) atoms. The van der Waals surface area contributed by atoms with Crippen molar-refractivity contribution in [2.75, 3.05) is 0 Å². The molecular weight excluding hydrogens is 348 g/mol. The number of aromatic nitrogens is 1. The van der Waals surface area contributed by atoms with E-state index in [1.165, 1.54) is 5.56 Å². The van der Waals surface area contributed by atoms with Crippen LogP contribution >= 0.6 is 0 Å². The summed E-state index contributed by atoms with van der Waals surface area (Å²) in [6.07, 6.45) is 2.33. The molecule has 0 saturated heterocycles.